The number of aliphatic hydroxyl groups is 1. The average molecular weight is 937 g/mol. The van der Waals surface area contributed by atoms with E-state index in [0.717, 1.165) is 16.7 Å². The fourth-order valence-corrected chi connectivity index (χ4v) is 10.0. The third-order valence-electron chi connectivity index (χ3n) is 12.0. The number of hydrogen-bond donors (Lipinski definition) is 4. The number of nitrogens with one attached hydrogen (secondary N) is 1. The number of anilines is 2. The standard InChI is InChI=1S/C45H53N12O9P/c1-55(2)19-18-54-67(59,63-23-35-33(58)20-37(64-35)56-26-52-39-41(46)48-24-50-43(39)56)66-34-21-38(57-27-53-40-42(47)49-25-51-44(40)57)65-36(34)22-62-45(28-8-6-5-7-9-28,29-10-14-31(60-3)15-11-29)30-12-16-32(61-4)17-13-30/h5-17,24-27,33-38,58H,18-23H2,1-4H3,(H,54,59)(H2,46,48,50)(H2,47,49,51)/t33-,34-,35+,36+,37+,38+,67?/m0/s1. The minimum atomic E-state index is -4.24. The Hall–Kier alpha value is -6.13. The highest BCUT2D eigenvalue weighted by atomic mass is 31.2. The number of nitrogen functional groups attached to an aromatic ring is 2. The van der Waals surface area contributed by atoms with Crippen molar-refractivity contribution in [2.24, 2.45) is 0 Å². The molecule has 2 aliphatic heterocycles. The lowest BCUT2D eigenvalue weighted by atomic mass is 9.80. The number of benzene rings is 3. The van der Waals surface area contributed by atoms with Crippen LogP contribution in [0.15, 0.2) is 104 Å². The summed E-state index contributed by atoms with van der Waals surface area (Å²) in [5, 5.41) is 14.3. The lowest BCUT2D eigenvalue weighted by Gasteiger charge is -2.37. The van der Waals surface area contributed by atoms with Gasteiger partial charge >= 0.3 is 7.75 Å². The lowest BCUT2D eigenvalue weighted by molar-refractivity contribution is -0.0923. The van der Waals surface area contributed by atoms with E-state index >= 15 is 4.57 Å². The van der Waals surface area contributed by atoms with E-state index in [1.165, 1.54) is 19.0 Å². The van der Waals surface area contributed by atoms with Gasteiger partial charge in [0.05, 0.1) is 46.2 Å². The Morgan fingerprint density at radius 3 is 1.84 bits per heavy atom. The summed E-state index contributed by atoms with van der Waals surface area (Å²) in [5.41, 5.74) is 15.1. The van der Waals surface area contributed by atoms with Crippen LogP contribution in [0.25, 0.3) is 22.3 Å². The number of hydrogen-bond acceptors (Lipinski definition) is 18. The van der Waals surface area contributed by atoms with Crippen molar-refractivity contribution in [3.8, 4) is 11.5 Å². The van der Waals surface area contributed by atoms with Gasteiger partial charge in [-0.1, -0.05) is 54.6 Å². The second kappa shape index (κ2) is 19.6. The summed E-state index contributed by atoms with van der Waals surface area (Å²) >= 11 is 0. The summed E-state index contributed by atoms with van der Waals surface area (Å²) in [6.45, 7) is 0.367. The van der Waals surface area contributed by atoms with Crippen LogP contribution in [0.5, 0.6) is 11.5 Å². The molecular weight excluding hydrogens is 884 g/mol. The van der Waals surface area contributed by atoms with Crippen molar-refractivity contribution in [2.45, 2.75) is 55.3 Å². The van der Waals surface area contributed by atoms with Crippen LogP contribution in [0, 0.1) is 0 Å². The molecule has 67 heavy (non-hydrogen) atoms. The van der Waals surface area contributed by atoms with Crippen LogP contribution < -0.4 is 26.0 Å². The molecule has 0 saturated carbocycles. The first kappa shape index (κ1) is 46.0. The molecular formula is C45H53N12O9P. The second-order valence-electron chi connectivity index (χ2n) is 16.4. The molecule has 2 fully saturated rings. The van der Waals surface area contributed by atoms with E-state index in [0.29, 0.717) is 40.4 Å². The molecule has 0 spiro atoms. The molecule has 4 aromatic heterocycles. The van der Waals surface area contributed by atoms with Gasteiger partial charge in [-0.05, 0) is 55.1 Å². The molecule has 2 saturated heterocycles. The van der Waals surface area contributed by atoms with E-state index in [-0.39, 0.29) is 44.2 Å². The SMILES string of the molecule is COc1ccc(C(OC[C@H]2O[C@@H](n3cnc4c(N)ncnc43)C[C@@H]2OP(=O)(NCCN(C)C)OC[C@H]2O[C@@H](n3cnc4c(N)ncnc43)C[C@@H]2O)(c2ccccc2)c2ccc(OC)cc2)cc1. The van der Waals surface area contributed by atoms with Gasteiger partial charge in [0.25, 0.3) is 0 Å². The number of nitrogens with zero attached hydrogens (tertiary/aromatic N) is 9. The molecule has 9 rings (SSSR count). The fourth-order valence-electron chi connectivity index (χ4n) is 8.48. The highest BCUT2D eigenvalue weighted by Gasteiger charge is 2.47. The van der Waals surface area contributed by atoms with E-state index < -0.39 is 50.2 Å². The Bertz CT molecular complexity index is 2770. The number of fused-ring (bicyclic) bond motifs is 2. The van der Waals surface area contributed by atoms with E-state index in [9.17, 15) is 5.11 Å². The van der Waals surface area contributed by atoms with Crippen LogP contribution in [0.2, 0.25) is 0 Å². The predicted octanol–water partition coefficient (Wildman–Crippen LogP) is 4.45. The highest BCUT2D eigenvalue weighted by molar-refractivity contribution is 7.51. The third kappa shape index (κ3) is 9.42. The van der Waals surface area contributed by atoms with E-state index in [4.69, 9.17) is 44.2 Å². The Kier molecular flexibility index (Phi) is 13.5. The number of aliphatic hydroxyl groups excluding tert-OH is 1. The van der Waals surface area contributed by atoms with Gasteiger partial charge in [-0.25, -0.2) is 39.6 Å². The second-order valence-corrected chi connectivity index (χ2v) is 18.2. The summed E-state index contributed by atoms with van der Waals surface area (Å²) in [6, 6.07) is 25.2. The normalized spacial score (nSPS) is 21.9. The van der Waals surface area contributed by atoms with E-state index in [2.05, 4.69) is 35.0 Å². The molecule has 7 aromatic rings. The minimum absolute atomic E-state index is 0.0748. The average Bonchev–Trinajstić information content (AvgIpc) is 4.15. The van der Waals surface area contributed by atoms with Crippen molar-refractivity contribution in [3.05, 3.63) is 121 Å². The van der Waals surface area contributed by atoms with E-state index in [1.807, 2.05) is 97.9 Å². The zero-order valence-electron chi connectivity index (χ0n) is 37.4. The van der Waals surface area contributed by atoms with Gasteiger partial charge in [0.2, 0.25) is 0 Å². The molecule has 0 radical (unpaired) electrons. The van der Waals surface area contributed by atoms with E-state index in [1.54, 1.807) is 29.7 Å². The summed E-state index contributed by atoms with van der Waals surface area (Å²) in [6.07, 6.45) is 1.08. The molecule has 0 bridgehead atoms. The largest absolute Gasteiger partial charge is 0.497 e. The zero-order valence-corrected chi connectivity index (χ0v) is 38.3. The van der Waals surface area contributed by atoms with Crippen molar-refractivity contribution in [1.29, 1.82) is 0 Å². The van der Waals surface area contributed by atoms with Crippen molar-refractivity contribution < 1.29 is 42.4 Å². The molecule has 21 nitrogen and oxygen atoms in total. The van der Waals surface area contributed by atoms with Crippen molar-refractivity contribution in [2.75, 3.05) is 66.1 Å². The van der Waals surface area contributed by atoms with Gasteiger partial charge in [-0.2, -0.15) is 0 Å². The van der Waals surface area contributed by atoms with Crippen LogP contribution >= 0.6 is 7.75 Å². The fraction of sp³-hybridized carbons (Fsp3) is 0.378. The molecule has 6 N–H and O–H groups in total. The predicted molar refractivity (Wildman–Crippen MR) is 246 cm³/mol. The lowest BCUT2D eigenvalue weighted by Crippen LogP contribution is -2.39. The minimum Gasteiger partial charge on any atom is -0.497 e. The maximum absolute atomic E-state index is 15.2. The van der Waals surface area contributed by atoms with Crippen LogP contribution in [-0.2, 0) is 33.4 Å². The molecule has 7 atom stereocenters. The first-order chi connectivity index (χ1) is 32.5. The monoisotopic (exact) mass is 936 g/mol. The third-order valence-corrected chi connectivity index (χ3v) is 13.6. The molecule has 0 amide bonds. The molecule has 0 aliphatic carbocycles. The Labute approximate surface area is 385 Å². The molecule has 1 unspecified atom stereocenters. The topological polar surface area (TPSA) is 256 Å². The van der Waals surface area contributed by atoms with Gasteiger partial charge < -0.3 is 45.2 Å². The Balaban J connectivity index is 1.05. The summed E-state index contributed by atoms with van der Waals surface area (Å²) in [5.74, 6) is 1.77. The maximum atomic E-state index is 15.2. The Morgan fingerprint density at radius 2 is 1.28 bits per heavy atom. The summed E-state index contributed by atoms with van der Waals surface area (Å²) in [7, 11) is 2.79. The quantitative estimate of drug-likeness (QED) is 0.0645. The van der Waals surface area contributed by atoms with Crippen LogP contribution in [0.1, 0.15) is 42.0 Å². The molecule has 352 valence electrons. The van der Waals surface area contributed by atoms with Crippen LogP contribution in [-0.4, -0.2) is 128 Å². The molecule has 22 heteroatoms. The molecule has 2 aliphatic rings. The number of aromatic nitrogens is 8. The van der Waals surface area contributed by atoms with Crippen LogP contribution in [0.3, 0.4) is 0 Å². The highest BCUT2D eigenvalue weighted by Crippen LogP contribution is 2.51. The number of nitrogens with two attached hydrogens (primary N) is 2. The molecule has 6 heterocycles. The zero-order chi connectivity index (χ0) is 46.7. The van der Waals surface area contributed by atoms with Crippen molar-refractivity contribution >= 4 is 41.7 Å². The van der Waals surface area contributed by atoms with Crippen molar-refractivity contribution in [3.63, 3.8) is 0 Å². The summed E-state index contributed by atoms with van der Waals surface area (Å²) in [4.78, 5) is 27.7. The first-order valence-corrected chi connectivity index (χ1v) is 23.2. The van der Waals surface area contributed by atoms with Crippen molar-refractivity contribution in [1.82, 2.24) is 49.0 Å². The van der Waals surface area contributed by atoms with Gasteiger partial charge in [0, 0.05) is 25.9 Å². The first-order valence-electron chi connectivity index (χ1n) is 21.6. The smallest absolute Gasteiger partial charge is 0.406 e. The number of rotatable bonds is 19. The Morgan fingerprint density at radius 1 is 0.746 bits per heavy atom. The van der Waals surface area contributed by atoms with Gasteiger partial charge in [-0.3, -0.25) is 18.2 Å². The number of likely N-dealkylation sites (N-methyl/N-ethyl adjacent to an activating group) is 1. The van der Waals surface area contributed by atoms with Gasteiger partial charge in [0.1, 0.15) is 71.6 Å². The van der Waals surface area contributed by atoms with Gasteiger partial charge in [0.15, 0.2) is 22.9 Å². The number of methoxy groups -OCH3 is 2. The number of imidazole rings is 2. The summed E-state index contributed by atoms with van der Waals surface area (Å²) < 4.78 is 63.0. The molecule has 3 aromatic carbocycles. The maximum Gasteiger partial charge on any atom is 0.406 e. The number of ether oxygens (including phenoxy) is 5. The van der Waals surface area contributed by atoms with Crippen LogP contribution in [0.4, 0.5) is 11.6 Å². The van der Waals surface area contributed by atoms with Gasteiger partial charge in [-0.15, -0.1) is 0 Å².